The Kier molecular flexibility index (Phi) is 6.81. The fraction of sp³-hybridized carbons (Fsp3) is 0.400. The SMILES string of the molecule is CCCN(CCC)C(=O)c1cncc(Nc2cc(C)ccc2OC)c1. The first-order chi connectivity index (χ1) is 12.1. The minimum absolute atomic E-state index is 0.0241. The molecule has 2 aromatic rings. The van der Waals surface area contributed by atoms with Crippen molar-refractivity contribution < 1.29 is 9.53 Å². The summed E-state index contributed by atoms with van der Waals surface area (Å²) in [5.41, 5.74) is 3.34. The molecule has 5 nitrogen and oxygen atoms in total. The lowest BCUT2D eigenvalue weighted by atomic mass is 10.2. The van der Waals surface area contributed by atoms with Crippen LogP contribution in [0.3, 0.4) is 0 Å². The second-order valence-corrected chi connectivity index (χ2v) is 6.08. The normalized spacial score (nSPS) is 10.4. The molecule has 0 aliphatic heterocycles. The number of hydrogen-bond donors (Lipinski definition) is 1. The van der Waals surface area contributed by atoms with Crippen molar-refractivity contribution in [1.29, 1.82) is 0 Å². The van der Waals surface area contributed by atoms with Crippen molar-refractivity contribution in [3.8, 4) is 5.75 Å². The largest absolute Gasteiger partial charge is 0.495 e. The van der Waals surface area contributed by atoms with Gasteiger partial charge in [-0.15, -0.1) is 0 Å². The number of ether oxygens (including phenoxy) is 1. The van der Waals surface area contributed by atoms with Gasteiger partial charge in [-0.25, -0.2) is 0 Å². The van der Waals surface area contributed by atoms with Gasteiger partial charge in [0.25, 0.3) is 5.91 Å². The fourth-order valence-corrected chi connectivity index (χ4v) is 2.74. The summed E-state index contributed by atoms with van der Waals surface area (Å²) in [5.74, 6) is 0.775. The van der Waals surface area contributed by atoms with E-state index in [0.717, 1.165) is 48.6 Å². The third kappa shape index (κ3) is 4.95. The molecule has 0 bridgehead atoms. The van der Waals surface area contributed by atoms with Gasteiger partial charge < -0.3 is 15.0 Å². The lowest BCUT2D eigenvalue weighted by Gasteiger charge is -2.21. The van der Waals surface area contributed by atoms with Crippen LogP contribution in [0.2, 0.25) is 0 Å². The number of carbonyl (C=O) groups excluding carboxylic acids is 1. The van der Waals surface area contributed by atoms with Crippen molar-refractivity contribution in [2.24, 2.45) is 0 Å². The van der Waals surface area contributed by atoms with Crippen LogP contribution in [0, 0.1) is 6.92 Å². The van der Waals surface area contributed by atoms with Gasteiger partial charge in [0.05, 0.1) is 30.2 Å². The first-order valence-corrected chi connectivity index (χ1v) is 8.75. The number of methoxy groups -OCH3 is 1. The Morgan fingerprint density at radius 2 is 1.88 bits per heavy atom. The molecule has 0 radical (unpaired) electrons. The monoisotopic (exact) mass is 341 g/mol. The van der Waals surface area contributed by atoms with Crippen LogP contribution < -0.4 is 10.1 Å². The fourth-order valence-electron chi connectivity index (χ4n) is 2.74. The minimum Gasteiger partial charge on any atom is -0.495 e. The number of nitrogens with one attached hydrogen (secondary N) is 1. The molecule has 0 unspecified atom stereocenters. The van der Waals surface area contributed by atoms with Crippen molar-refractivity contribution in [1.82, 2.24) is 9.88 Å². The molecule has 1 aromatic carbocycles. The topological polar surface area (TPSA) is 54.5 Å². The molecule has 0 spiro atoms. The molecular formula is C20H27N3O2. The first kappa shape index (κ1) is 18.8. The molecule has 134 valence electrons. The number of hydrogen-bond acceptors (Lipinski definition) is 4. The number of pyridine rings is 1. The van der Waals surface area contributed by atoms with Crippen molar-refractivity contribution >= 4 is 17.3 Å². The van der Waals surface area contributed by atoms with Crippen molar-refractivity contribution in [3.63, 3.8) is 0 Å². The van der Waals surface area contributed by atoms with Gasteiger partial charge in [-0.05, 0) is 43.5 Å². The van der Waals surface area contributed by atoms with E-state index in [1.54, 1.807) is 19.5 Å². The molecule has 0 fully saturated rings. The Hall–Kier alpha value is -2.56. The van der Waals surface area contributed by atoms with Gasteiger partial charge in [0, 0.05) is 19.3 Å². The summed E-state index contributed by atoms with van der Waals surface area (Å²) in [4.78, 5) is 18.9. The lowest BCUT2D eigenvalue weighted by molar-refractivity contribution is 0.0755. The van der Waals surface area contributed by atoms with E-state index >= 15 is 0 Å². The molecule has 1 N–H and O–H groups in total. The first-order valence-electron chi connectivity index (χ1n) is 8.75. The van der Waals surface area contributed by atoms with E-state index in [2.05, 4.69) is 24.1 Å². The smallest absolute Gasteiger partial charge is 0.255 e. The van der Waals surface area contributed by atoms with Crippen molar-refractivity contribution in [2.75, 3.05) is 25.5 Å². The molecule has 0 saturated heterocycles. The number of nitrogens with zero attached hydrogens (tertiary/aromatic N) is 2. The Morgan fingerprint density at radius 3 is 2.52 bits per heavy atom. The van der Waals surface area contributed by atoms with Crippen LogP contribution in [-0.2, 0) is 0 Å². The predicted molar refractivity (Wildman–Crippen MR) is 102 cm³/mol. The third-order valence-electron chi connectivity index (χ3n) is 3.89. The van der Waals surface area contributed by atoms with Gasteiger partial charge in [-0.2, -0.15) is 0 Å². The summed E-state index contributed by atoms with van der Waals surface area (Å²) in [5, 5.41) is 3.30. The van der Waals surface area contributed by atoms with E-state index in [1.807, 2.05) is 36.1 Å². The zero-order valence-electron chi connectivity index (χ0n) is 15.5. The van der Waals surface area contributed by atoms with Crippen LogP contribution in [0.5, 0.6) is 5.75 Å². The van der Waals surface area contributed by atoms with Gasteiger partial charge in [0.2, 0.25) is 0 Å². The van der Waals surface area contributed by atoms with Crippen LogP contribution in [0.25, 0.3) is 0 Å². The highest BCUT2D eigenvalue weighted by molar-refractivity contribution is 5.95. The van der Waals surface area contributed by atoms with E-state index in [1.165, 1.54) is 0 Å². The second-order valence-electron chi connectivity index (χ2n) is 6.08. The predicted octanol–water partition coefficient (Wildman–Crippen LogP) is 4.40. The standard InChI is InChI=1S/C20H27N3O2/c1-5-9-23(10-6-2)20(24)16-12-17(14-21-13-16)22-18-11-15(3)7-8-19(18)25-4/h7-8,11-14,22H,5-6,9-10H2,1-4H3. The average molecular weight is 341 g/mol. The number of aryl methyl sites for hydroxylation is 1. The van der Waals surface area contributed by atoms with Crippen LogP contribution >= 0.6 is 0 Å². The molecular weight excluding hydrogens is 314 g/mol. The summed E-state index contributed by atoms with van der Waals surface area (Å²) in [6.45, 7) is 7.70. The Balaban J connectivity index is 2.24. The average Bonchev–Trinajstić information content (AvgIpc) is 2.61. The van der Waals surface area contributed by atoms with Crippen molar-refractivity contribution in [2.45, 2.75) is 33.6 Å². The van der Waals surface area contributed by atoms with Crippen LogP contribution in [-0.4, -0.2) is 36.0 Å². The van der Waals surface area contributed by atoms with Crippen LogP contribution in [0.1, 0.15) is 42.6 Å². The Bertz CT molecular complexity index is 710. The van der Waals surface area contributed by atoms with E-state index in [9.17, 15) is 4.79 Å². The Morgan fingerprint density at radius 1 is 1.16 bits per heavy atom. The summed E-state index contributed by atoms with van der Waals surface area (Å²) in [7, 11) is 1.64. The van der Waals surface area contributed by atoms with Gasteiger partial charge >= 0.3 is 0 Å². The summed E-state index contributed by atoms with van der Waals surface area (Å²) in [6.07, 6.45) is 5.22. The molecule has 0 saturated carbocycles. The molecule has 0 aliphatic carbocycles. The van der Waals surface area contributed by atoms with E-state index < -0.39 is 0 Å². The molecule has 1 aromatic heterocycles. The van der Waals surface area contributed by atoms with E-state index in [0.29, 0.717) is 5.56 Å². The molecule has 0 aliphatic rings. The maximum atomic E-state index is 12.7. The molecule has 25 heavy (non-hydrogen) atoms. The molecule has 1 heterocycles. The van der Waals surface area contributed by atoms with Crippen molar-refractivity contribution in [3.05, 3.63) is 47.8 Å². The van der Waals surface area contributed by atoms with E-state index in [-0.39, 0.29) is 5.91 Å². The highest BCUT2D eigenvalue weighted by Crippen LogP contribution is 2.28. The van der Waals surface area contributed by atoms with Gasteiger partial charge in [0.1, 0.15) is 5.75 Å². The molecule has 5 heteroatoms. The van der Waals surface area contributed by atoms with Gasteiger partial charge in [-0.3, -0.25) is 9.78 Å². The quantitative estimate of drug-likeness (QED) is 0.773. The number of aromatic nitrogens is 1. The number of amides is 1. The van der Waals surface area contributed by atoms with Gasteiger partial charge in [0.15, 0.2) is 0 Å². The number of carbonyl (C=O) groups is 1. The van der Waals surface area contributed by atoms with Crippen LogP contribution in [0.15, 0.2) is 36.7 Å². The zero-order valence-corrected chi connectivity index (χ0v) is 15.5. The molecule has 0 atom stereocenters. The highest BCUT2D eigenvalue weighted by Gasteiger charge is 2.15. The maximum Gasteiger partial charge on any atom is 0.255 e. The van der Waals surface area contributed by atoms with E-state index in [4.69, 9.17) is 4.74 Å². The maximum absolute atomic E-state index is 12.7. The second kappa shape index (κ2) is 9.06. The molecule has 2 rings (SSSR count). The summed E-state index contributed by atoms with van der Waals surface area (Å²) >= 11 is 0. The molecule has 1 amide bonds. The summed E-state index contributed by atoms with van der Waals surface area (Å²) in [6, 6.07) is 7.77. The number of benzene rings is 1. The Labute approximate surface area is 150 Å². The highest BCUT2D eigenvalue weighted by atomic mass is 16.5. The van der Waals surface area contributed by atoms with Crippen LogP contribution in [0.4, 0.5) is 11.4 Å². The third-order valence-corrected chi connectivity index (χ3v) is 3.89. The minimum atomic E-state index is 0.0241. The zero-order chi connectivity index (χ0) is 18.2. The lowest BCUT2D eigenvalue weighted by Crippen LogP contribution is -2.32. The number of anilines is 2. The summed E-state index contributed by atoms with van der Waals surface area (Å²) < 4.78 is 5.39. The number of rotatable bonds is 8. The van der Waals surface area contributed by atoms with Gasteiger partial charge in [-0.1, -0.05) is 19.9 Å².